The lowest BCUT2D eigenvalue weighted by atomic mass is 10.2. The lowest BCUT2D eigenvalue weighted by Gasteiger charge is -2.27. The molecule has 1 unspecified atom stereocenters. The van der Waals surface area contributed by atoms with E-state index < -0.39 is 0 Å². The molecule has 1 aliphatic heterocycles. The maximum atomic E-state index is 12.1. The molecule has 0 bridgehead atoms. The van der Waals surface area contributed by atoms with E-state index in [0.29, 0.717) is 78.1 Å². The van der Waals surface area contributed by atoms with Gasteiger partial charge in [0.25, 0.3) is 0 Å². The van der Waals surface area contributed by atoms with E-state index >= 15 is 0 Å². The predicted octanol–water partition coefficient (Wildman–Crippen LogP) is 0.876. The van der Waals surface area contributed by atoms with Gasteiger partial charge >= 0.3 is 0 Å². The van der Waals surface area contributed by atoms with E-state index in [1.807, 2.05) is 6.92 Å². The zero-order valence-electron chi connectivity index (χ0n) is 15.0. The van der Waals surface area contributed by atoms with Crippen molar-refractivity contribution in [1.29, 1.82) is 0 Å². The largest absolute Gasteiger partial charge is 0.377 e. The van der Waals surface area contributed by atoms with Crippen LogP contribution in [0.1, 0.15) is 13.8 Å². The fraction of sp³-hybridized carbons (Fsp3) is 0.824. The first-order valence-corrected chi connectivity index (χ1v) is 8.52. The summed E-state index contributed by atoms with van der Waals surface area (Å²) in [5.74, 6) is -0.0614. The Morgan fingerprint density at radius 1 is 0.958 bits per heavy atom. The highest BCUT2D eigenvalue weighted by molar-refractivity contribution is 5.92. The fourth-order valence-electron chi connectivity index (χ4n) is 2.17. The molecule has 0 radical (unpaired) electrons. The van der Waals surface area contributed by atoms with Crippen LogP contribution < -0.4 is 0 Å². The van der Waals surface area contributed by atoms with Gasteiger partial charge in [0, 0.05) is 18.7 Å². The molecule has 0 aliphatic carbocycles. The molecule has 0 aromatic rings. The Labute approximate surface area is 144 Å². The summed E-state index contributed by atoms with van der Waals surface area (Å²) in [5.41, 5.74) is 0.520. The summed E-state index contributed by atoms with van der Waals surface area (Å²) < 4.78 is 27.7. The van der Waals surface area contributed by atoms with Crippen molar-refractivity contribution < 1.29 is 28.5 Å². The van der Waals surface area contributed by atoms with Crippen molar-refractivity contribution >= 4 is 5.91 Å². The monoisotopic (exact) mass is 345 g/mol. The van der Waals surface area contributed by atoms with Crippen LogP contribution in [0, 0.1) is 0 Å². The quantitative estimate of drug-likeness (QED) is 0.705. The number of ether oxygens (including phenoxy) is 5. The molecule has 1 amide bonds. The fourth-order valence-corrected chi connectivity index (χ4v) is 2.17. The minimum absolute atomic E-state index is 0.0614. The Hall–Kier alpha value is -0.990. The highest BCUT2D eigenvalue weighted by Gasteiger charge is 2.19. The Kier molecular flexibility index (Phi) is 11.7. The summed E-state index contributed by atoms with van der Waals surface area (Å²) in [7, 11) is 0. The van der Waals surface area contributed by atoms with Gasteiger partial charge in [-0.25, -0.2) is 0 Å². The summed E-state index contributed by atoms with van der Waals surface area (Å²) in [6.07, 6.45) is -0.210. The van der Waals surface area contributed by atoms with Crippen LogP contribution in [-0.4, -0.2) is 89.5 Å². The first-order valence-electron chi connectivity index (χ1n) is 8.52. The number of carbonyl (C=O) groups excluding carboxylic acids is 1. The second-order valence-electron chi connectivity index (χ2n) is 5.53. The molecule has 0 aromatic heterocycles. The van der Waals surface area contributed by atoms with Gasteiger partial charge in [0.1, 0.15) is 0 Å². The van der Waals surface area contributed by atoms with Crippen LogP contribution in [0.15, 0.2) is 12.2 Å². The van der Waals surface area contributed by atoms with Crippen molar-refractivity contribution in [3.8, 4) is 0 Å². The van der Waals surface area contributed by atoms with Crippen molar-refractivity contribution in [3.05, 3.63) is 12.2 Å². The van der Waals surface area contributed by atoms with E-state index in [1.165, 1.54) is 0 Å². The highest BCUT2D eigenvalue weighted by atomic mass is 16.6. The van der Waals surface area contributed by atoms with Crippen LogP contribution in [0.3, 0.4) is 0 Å². The standard InChI is InChI=1S/C17H31NO6/c1-4-18(17(19)15(2)3)13-16-14-23-10-9-21-6-5-20-7-8-22-11-12-24-16/h16H,2,4-14H2,1,3H3. The molecule has 7 nitrogen and oxygen atoms in total. The summed E-state index contributed by atoms with van der Waals surface area (Å²) in [6.45, 7) is 12.9. The molecule has 1 rings (SSSR count). The number of nitrogens with zero attached hydrogens (tertiary/aromatic N) is 1. The molecule has 1 atom stereocenters. The number of hydrogen-bond donors (Lipinski definition) is 0. The Morgan fingerprint density at radius 3 is 1.96 bits per heavy atom. The molecule has 0 N–H and O–H groups in total. The molecule has 1 saturated heterocycles. The van der Waals surface area contributed by atoms with Gasteiger partial charge in [0.2, 0.25) is 5.91 Å². The second kappa shape index (κ2) is 13.3. The first-order chi connectivity index (χ1) is 11.6. The molecular formula is C17H31NO6. The zero-order valence-corrected chi connectivity index (χ0v) is 15.0. The van der Waals surface area contributed by atoms with Gasteiger partial charge in [-0.05, 0) is 13.8 Å². The van der Waals surface area contributed by atoms with Gasteiger partial charge in [-0.3, -0.25) is 4.79 Å². The van der Waals surface area contributed by atoms with Crippen molar-refractivity contribution in [3.63, 3.8) is 0 Å². The maximum Gasteiger partial charge on any atom is 0.248 e. The maximum absolute atomic E-state index is 12.1. The van der Waals surface area contributed by atoms with Crippen molar-refractivity contribution in [1.82, 2.24) is 4.90 Å². The molecule has 1 fully saturated rings. The van der Waals surface area contributed by atoms with Gasteiger partial charge in [0.05, 0.1) is 65.6 Å². The minimum Gasteiger partial charge on any atom is -0.377 e. The summed E-state index contributed by atoms with van der Waals surface area (Å²) in [4.78, 5) is 13.8. The minimum atomic E-state index is -0.210. The number of rotatable bonds is 4. The number of carbonyl (C=O) groups is 1. The summed E-state index contributed by atoms with van der Waals surface area (Å²) in [6, 6.07) is 0. The Bertz CT molecular complexity index is 347. The SMILES string of the molecule is C=C(C)C(=O)N(CC)CC1COCCOCCOCCOCCO1. The number of likely N-dealkylation sites (N-methyl/N-ethyl adjacent to an activating group) is 1. The van der Waals surface area contributed by atoms with Crippen molar-refractivity contribution in [2.24, 2.45) is 0 Å². The highest BCUT2D eigenvalue weighted by Crippen LogP contribution is 2.04. The molecule has 0 spiro atoms. The van der Waals surface area contributed by atoms with Crippen molar-refractivity contribution in [2.45, 2.75) is 20.0 Å². The Morgan fingerprint density at radius 2 is 1.46 bits per heavy atom. The van der Waals surface area contributed by atoms with Gasteiger partial charge in [0.15, 0.2) is 0 Å². The molecule has 7 heteroatoms. The molecule has 1 aliphatic rings. The number of amides is 1. The average Bonchev–Trinajstić information content (AvgIpc) is 2.58. The van der Waals surface area contributed by atoms with Gasteiger partial charge < -0.3 is 28.6 Å². The molecule has 24 heavy (non-hydrogen) atoms. The van der Waals surface area contributed by atoms with E-state index in [-0.39, 0.29) is 12.0 Å². The van der Waals surface area contributed by atoms with Gasteiger partial charge in [-0.15, -0.1) is 0 Å². The smallest absolute Gasteiger partial charge is 0.248 e. The molecule has 0 aromatic carbocycles. The second-order valence-corrected chi connectivity index (χ2v) is 5.53. The van der Waals surface area contributed by atoms with Crippen molar-refractivity contribution in [2.75, 3.05) is 72.6 Å². The van der Waals surface area contributed by atoms with Crippen LogP contribution in [0.5, 0.6) is 0 Å². The van der Waals surface area contributed by atoms with Gasteiger partial charge in [-0.1, -0.05) is 6.58 Å². The van der Waals surface area contributed by atoms with Crippen LogP contribution in [0.25, 0.3) is 0 Å². The third-order valence-corrected chi connectivity index (χ3v) is 3.46. The van der Waals surface area contributed by atoms with Crippen LogP contribution in [-0.2, 0) is 28.5 Å². The molecular weight excluding hydrogens is 314 g/mol. The average molecular weight is 345 g/mol. The van der Waals surface area contributed by atoms with E-state index in [1.54, 1.807) is 11.8 Å². The Balaban J connectivity index is 2.49. The van der Waals surface area contributed by atoms with Crippen LogP contribution >= 0.6 is 0 Å². The predicted molar refractivity (Wildman–Crippen MR) is 90.1 cm³/mol. The lowest BCUT2D eigenvalue weighted by Crippen LogP contribution is -2.41. The summed E-state index contributed by atoms with van der Waals surface area (Å²) in [5, 5.41) is 0. The van der Waals surface area contributed by atoms with E-state index in [0.717, 1.165) is 0 Å². The normalized spacial score (nSPS) is 22.2. The third kappa shape index (κ3) is 9.34. The topological polar surface area (TPSA) is 66.5 Å². The third-order valence-electron chi connectivity index (χ3n) is 3.46. The van der Waals surface area contributed by atoms with E-state index in [9.17, 15) is 4.79 Å². The van der Waals surface area contributed by atoms with Crippen LogP contribution in [0.2, 0.25) is 0 Å². The summed E-state index contributed by atoms with van der Waals surface area (Å²) >= 11 is 0. The molecule has 1 heterocycles. The first kappa shape index (κ1) is 21.1. The molecule has 140 valence electrons. The van der Waals surface area contributed by atoms with E-state index in [2.05, 4.69) is 6.58 Å². The number of hydrogen-bond acceptors (Lipinski definition) is 6. The zero-order chi connectivity index (χ0) is 17.6. The van der Waals surface area contributed by atoms with E-state index in [4.69, 9.17) is 23.7 Å². The van der Waals surface area contributed by atoms with Gasteiger partial charge in [-0.2, -0.15) is 0 Å². The van der Waals surface area contributed by atoms with Crippen LogP contribution in [0.4, 0.5) is 0 Å². The lowest BCUT2D eigenvalue weighted by molar-refractivity contribution is -0.130. The molecule has 0 saturated carbocycles.